The number of benzene rings is 2. The smallest absolute Gasteiger partial charge is 0.264 e. The standard InChI is InChI=1S/C19H17N3O/c20-10-8-14-12-22(17-7-2-1-5-15(14)17)19(23)16-6-3-4-13-9-11-21-18(13)16/h1-7,9,11-12,21H,8,10,20H2. The monoisotopic (exact) mass is 303 g/mol. The largest absolute Gasteiger partial charge is 0.361 e. The van der Waals surface area contributed by atoms with Crippen LogP contribution in [0.1, 0.15) is 15.9 Å². The van der Waals surface area contributed by atoms with Gasteiger partial charge in [0.1, 0.15) is 0 Å². The topological polar surface area (TPSA) is 63.8 Å². The van der Waals surface area contributed by atoms with E-state index in [2.05, 4.69) is 4.98 Å². The van der Waals surface area contributed by atoms with Crippen LogP contribution in [0.15, 0.2) is 60.9 Å². The number of aromatic nitrogens is 2. The van der Waals surface area contributed by atoms with E-state index in [-0.39, 0.29) is 5.91 Å². The molecule has 4 rings (SSSR count). The van der Waals surface area contributed by atoms with E-state index in [9.17, 15) is 4.79 Å². The van der Waals surface area contributed by atoms with Crippen LogP contribution in [0.2, 0.25) is 0 Å². The first-order chi connectivity index (χ1) is 11.3. The van der Waals surface area contributed by atoms with Gasteiger partial charge in [0.25, 0.3) is 5.91 Å². The van der Waals surface area contributed by atoms with Gasteiger partial charge in [-0.1, -0.05) is 30.3 Å². The summed E-state index contributed by atoms with van der Waals surface area (Å²) >= 11 is 0. The van der Waals surface area contributed by atoms with Crippen molar-refractivity contribution in [3.05, 3.63) is 72.1 Å². The van der Waals surface area contributed by atoms with Crippen LogP contribution >= 0.6 is 0 Å². The molecule has 0 radical (unpaired) electrons. The fourth-order valence-electron chi connectivity index (χ4n) is 3.17. The molecule has 4 aromatic rings. The van der Waals surface area contributed by atoms with Crippen LogP contribution in [-0.4, -0.2) is 22.0 Å². The van der Waals surface area contributed by atoms with Crippen molar-refractivity contribution < 1.29 is 4.79 Å². The summed E-state index contributed by atoms with van der Waals surface area (Å²) in [4.78, 5) is 16.3. The van der Waals surface area contributed by atoms with Crippen molar-refractivity contribution >= 4 is 27.7 Å². The van der Waals surface area contributed by atoms with Crippen molar-refractivity contribution in [1.82, 2.24) is 9.55 Å². The van der Waals surface area contributed by atoms with E-state index in [1.165, 1.54) is 0 Å². The van der Waals surface area contributed by atoms with Crippen molar-refractivity contribution in [2.45, 2.75) is 6.42 Å². The Balaban J connectivity index is 1.92. The summed E-state index contributed by atoms with van der Waals surface area (Å²) in [5.74, 6) is -0.0301. The van der Waals surface area contributed by atoms with Gasteiger partial charge < -0.3 is 10.7 Å². The maximum atomic E-state index is 13.1. The maximum absolute atomic E-state index is 13.1. The summed E-state index contributed by atoms with van der Waals surface area (Å²) in [5.41, 5.74) is 9.28. The summed E-state index contributed by atoms with van der Waals surface area (Å²) in [6.45, 7) is 0.564. The predicted octanol–water partition coefficient (Wildman–Crippen LogP) is 3.31. The number of carbonyl (C=O) groups excluding carboxylic acids is 1. The van der Waals surface area contributed by atoms with Crippen LogP contribution in [0, 0.1) is 0 Å². The van der Waals surface area contributed by atoms with Crippen LogP contribution in [0.25, 0.3) is 21.8 Å². The van der Waals surface area contributed by atoms with Gasteiger partial charge in [-0.15, -0.1) is 0 Å². The highest BCUT2D eigenvalue weighted by molar-refractivity contribution is 6.10. The lowest BCUT2D eigenvalue weighted by Gasteiger charge is -2.05. The van der Waals surface area contributed by atoms with Crippen molar-refractivity contribution in [2.75, 3.05) is 6.54 Å². The van der Waals surface area contributed by atoms with Crippen LogP contribution < -0.4 is 5.73 Å². The molecule has 23 heavy (non-hydrogen) atoms. The third-order valence-electron chi connectivity index (χ3n) is 4.24. The number of nitrogens with one attached hydrogen (secondary N) is 1. The van der Waals surface area contributed by atoms with Gasteiger partial charge in [0.15, 0.2) is 0 Å². The average Bonchev–Trinajstić information content (AvgIpc) is 3.19. The molecule has 4 heteroatoms. The molecule has 0 amide bonds. The van der Waals surface area contributed by atoms with E-state index < -0.39 is 0 Å². The number of rotatable bonds is 3. The fraction of sp³-hybridized carbons (Fsp3) is 0.105. The quantitative estimate of drug-likeness (QED) is 0.610. The highest BCUT2D eigenvalue weighted by Crippen LogP contribution is 2.25. The molecule has 0 aliphatic heterocycles. The Bertz CT molecular complexity index is 1010. The van der Waals surface area contributed by atoms with Gasteiger partial charge in [0.05, 0.1) is 16.6 Å². The molecule has 0 fully saturated rings. The Morgan fingerprint density at radius 3 is 2.83 bits per heavy atom. The molecule has 4 nitrogen and oxygen atoms in total. The third-order valence-corrected chi connectivity index (χ3v) is 4.24. The zero-order valence-electron chi connectivity index (χ0n) is 12.6. The van der Waals surface area contributed by atoms with Crippen molar-refractivity contribution in [1.29, 1.82) is 0 Å². The van der Waals surface area contributed by atoms with Crippen LogP contribution in [0.4, 0.5) is 0 Å². The molecule has 0 atom stereocenters. The Kier molecular flexibility index (Phi) is 3.24. The number of carbonyl (C=O) groups is 1. The van der Waals surface area contributed by atoms with E-state index in [1.54, 1.807) is 4.57 Å². The van der Waals surface area contributed by atoms with Crippen LogP contribution in [0.3, 0.4) is 0 Å². The summed E-state index contributed by atoms with van der Waals surface area (Å²) in [6.07, 6.45) is 4.53. The molecule has 3 N–H and O–H groups in total. The zero-order valence-corrected chi connectivity index (χ0v) is 12.6. The number of aromatic amines is 1. The third kappa shape index (κ3) is 2.15. The SMILES string of the molecule is NCCc1cn(C(=O)c2cccc3cc[nH]c23)c2ccccc12. The van der Waals surface area contributed by atoms with Gasteiger partial charge in [0.2, 0.25) is 0 Å². The molecule has 0 bridgehead atoms. The molecule has 0 saturated carbocycles. The van der Waals surface area contributed by atoms with Crippen LogP contribution in [0.5, 0.6) is 0 Å². The molecule has 0 spiro atoms. The predicted molar refractivity (Wildman–Crippen MR) is 92.7 cm³/mol. The molecule has 2 aromatic carbocycles. The molecule has 2 aromatic heterocycles. The number of H-pyrrole nitrogens is 1. The lowest BCUT2D eigenvalue weighted by atomic mass is 10.1. The lowest BCUT2D eigenvalue weighted by Crippen LogP contribution is -2.11. The molecular weight excluding hydrogens is 286 g/mol. The molecule has 2 heterocycles. The Morgan fingerprint density at radius 1 is 1.09 bits per heavy atom. The molecule has 0 aliphatic carbocycles. The highest BCUT2D eigenvalue weighted by Gasteiger charge is 2.17. The average molecular weight is 303 g/mol. The minimum atomic E-state index is -0.0301. The zero-order chi connectivity index (χ0) is 15.8. The normalized spacial score (nSPS) is 11.3. The van der Waals surface area contributed by atoms with E-state index >= 15 is 0 Å². The summed E-state index contributed by atoms with van der Waals surface area (Å²) in [5, 5.41) is 2.12. The van der Waals surface area contributed by atoms with E-state index in [0.29, 0.717) is 12.1 Å². The maximum Gasteiger partial charge on any atom is 0.264 e. The second-order valence-corrected chi connectivity index (χ2v) is 5.63. The van der Waals surface area contributed by atoms with Crippen molar-refractivity contribution in [3.8, 4) is 0 Å². The second kappa shape index (κ2) is 5.41. The first-order valence-electron chi connectivity index (χ1n) is 7.69. The fourth-order valence-corrected chi connectivity index (χ4v) is 3.17. The van der Waals surface area contributed by atoms with Gasteiger partial charge in [0, 0.05) is 23.2 Å². The Labute approximate surface area is 133 Å². The van der Waals surface area contributed by atoms with Crippen LogP contribution in [-0.2, 0) is 6.42 Å². The molecule has 114 valence electrons. The molecular formula is C19H17N3O. The van der Waals surface area contributed by atoms with Crippen molar-refractivity contribution in [3.63, 3.8) is 0 Å². The number of nitrogens with zero attached hydrogens (tertiary/aromatic N) is 1. The van der Waals surface area contributed by atoms with Crippen molar-refractivity contribution in [2.24, 2.45) is 5.73 Å². The first-order valence-corrected chi connectivity index (χ1v) is 7.69. The number of hydrogen-bond acceptors (Lipinski definition) is 2. The molecule has 0 saturated heterocycles. The summed E-state index contributed by atoms with van der Waals surface area (Å²) in [6, 6.07) is 15.7. The minimum absolute atomic E-state index is 0.0301. The number of hydrogen-bond donors (Lipinski definition) is 2. The first kappa shape index (κ1) is 13.8. The van der Waals surface area contributed by atoms with Gasteiger partial charge >= 0.3 is 0 Å². The van der Waals surface area contributed by atoms with Gasteiger partial charge in [-0.3, -0.25) is 9.36 Å². The second-order valence-electron chi connectivity index (χ2n) is 5.63. The highest BCUT2D eigenvalue weighted by atomic mass is 16.2. The molecule has 0 unspecified atom stereocenters. The minimum Gasteiger partial charge on any atom is -0.361 e. The number of fused-ring (bicyclic) bond motifs is 2. The van der Waals surface area contributed by atoms with Gasteiger partial charge in [-0.05, 0) is 36.7 Å². The van der Waals surface area contributed by atoms with E-state index in [1.807, 2.05) is 60.9 Å². The lowest BCUT2D eigenvalue weighted by molar-refractivity contribution is 0.0966. The summed E-state index contributed by atoms with van der Waals surface area (Å²) in [7, 11) is 0. The Hall–Kier alpha value is -2.85. The number of nitrogens with two attached hydrogens (primary N) is 1. The van der Waals surface area contributed by atoms with Gasteiger partial charge in [-0.2, -0.15) is 0 Å². The van der Waals surface area contributed by atoms with E-state index in [0.717, 1.165) is 33.8 Å². The summed E-state index contributed by atoms with van der Waals surface area (Å²) < 4.78 is 1.73. The van der Waals surface area contributed by atoms with Gasteiger partial charge in [-0.25, -0.2) is 0 Å². The Morgan fingerprint density at radius 2 is 1.96 bits per heavy atom. The number of para-hydroxylation sites is 2. The molecule has 0 aliphatic rings. The van der Waals surface area contributed by atoms with E-state index in [4.69, 9.17) is 5.73 Å².